The fourth-order valence-electron chi connectivity index (χ4n) is 5.39. The number of amides is 2. The first-order valence-corrected chi connectivity index (χ1v) is 19.2. The molecular weight excluding hydrogens is 791 g/mol. The molecule has 2 aromatic carbocycles. The van der Waals surface area contributed by atoms with Crippen LogP contribution in [0.1, 0.15) is 80.6 Å². The van der Waals surface area contributed by atoms with E-state index in [1.54, 1.807) is 93.5 Å². The fraction of sp³-hybridized carbons (Fsp3) is 0.381. The molecule has 2 aliphatic rings. The Morgan fingerprint density at radius 3 is 1.47 bits per heavy atom. The summed E-state index contributed by atoms with van der Waals surface area (Å²) in [6.45, 7) is 21.4. The van der Waals surface area contributed by atoms with Crippen molar-refractivity contribution in [2.45, 2.75) is 94.2 Å². The van der Waals surface area contributed by atoms with Crippen LogP contribution in [0.2, 0.25) is 10.0 Å². The molecule has 304 valence electrons. The number of nitrogens with one attached hydrogen (secondary N) is 2. The average Bonchev–Trinajstić information content (AvgIpc) is 3.76. The van der Waals surface area contributed by atoms with Crippen LogP contribution in [0.3, 0.4) is 0 Å². The minimum Gasteiger partial charge on any atom is -0.507 e. The molecule has 4 aromatic rings. The Morgan fingerprint density at radius 1 is 0.702 bits per heavy atom. The van der Waals surface area contributed by atoms with Crippen LogP contribution >= 0.6 is 34.8 Å². The van der Waals surface area contributed by atoms with Crippen molar-refractivity contribution in [3.63, 3.8) is 0 Å². The van der Waals surface area contributed by atoms with E-state index in [0.717, 1.165) is 22.5 Å². The van der Waals surface area contributed by atoms with E-state index in [1.165, 1.54) is 9.36 Å². The third-order valence-electron chi connectivity index (χ3n) is 8.72. The number of halogens is 3. The number of ether oxygens (including phenoxy) is 1. The van der Waals surface area contributed by atoms with E-state index in [2.05, 4.69) is 20.8 Å². The van der Waals surface area contributed by atoms with Gasteiger partial charge in [0.2, 0.25) is 5.24 Å². The van der Waals surface area contributed by atoms with Crippen molar-refractivity contribution in [1.82, 2.24) is 30.2 Å². The molecule has 12 nitrogen and oxygen atoms in total. The monoisotopic (exact) mass is 838 g/mol. The molecule has 0 aliphatic carbocycles. The highest BCUT2D eigenvalue weighted by Crippen LogP contribution is 2.35. The van der Waals surface area contributed by atoms with Gasteiger partial charge in [-0.1, -0.05) is 68.2 Å². The highest BCUT2D eigenvalue weighted by atomic mass is 35.5. The van der Waals surface area contributed by atoms with Gasteiger partial charge in [0.05, 0.1) is 27.9 Å². The number of aliphatic hydroxyl groups excluding tert-OH is 1. The van der Waals surface area contributed by atoms with Crippen LogP contribution < -0.4 is 10.6 Å². The highest BCUT2D eigenvalue weighted by Gasteiger charge is 2.44. The van der Waals surface area contributed by atoms with Crippen LogP contribution in [0.5, 0.6) is 0 Å². The Bertz CT molecular complexity index is 2300. The van der Waals surface area contributed by atoms with Crippen molar-refractivity contribution in [3.05, 3.63) is 93.6 Å². The lowest BCUT2D eigenvalue weighted by Crippen LogP contribution is -2.40. The third-order valence-corrected chi connectivity index (χ3v) is 9.75. The second kappa shape index (κ2) is 16.5. The number of hydrogen-bond donors (Lipinski definition) is 3. The molecule has 0 saturated carbocycles. The van der Waals surface area contributed by atoms with Crippen LogP contribution in [0, 0.1) is 24.7 Å². The molecule has 0 radical (unpaired) electrons. The summed E-state index contributed by atoms with van der Waals surface area (Å²) < 4.78 is 8.68. The summed E-state index contributed by atoms with van der Waals surface area (Å²) in [4.78, 5) is 47.6. The zero-order valence-corrected chi connectivity index (χ0v) is 36.5. The van der Waals surface area contributed by atoms with E-state index >= 15 is 0 Å². The molecule has 2 amide bonds. The zero-order chi connectivity index (χ0) is 43.0. The Morgan fingerprint density at radius 2 is 1.11 bits per heavy atom. The SMILES string of the molecule is CC(C)(C)C(=O)Cl.Cc1cc(-c2cccc(Cl)c2)nn1C1=C(O)C(C)(C)NC1=O.Cc1cc(-c2cccc(Cl)c2)nn1C1=C(OC(=O)C(C)(C)C)C(C)(C)NC1=O. The summed E-state index contributed by atoms with van der Waals surface area (Å²) in [5.41, 5.74) is 2.23. The molecule has 0 bridgehead atoms. The standard InChI is InChI=1S/C21H24ClN3O3.C16H16ClN3O2.C5H9ClO/c1-12-10-15(13-8-7-9-14(22)11-13)24-25(12)16-17(21(5,6)23-18(16)26)28-19(27)20(2,3)4;1-9-7-12(10-5-4-6-11(17)8-10)19-20(9)13-14(21)16(2,3)18-15(13)22;1-5(2,3)4(6)7/h7-11H,1-6H3,(H,23,26);4-8,21H,1-3H3,(H,18,22);1-3H3. The number of hydrogen-bond acceptors (Lipinski definition) is 8. The number of carbonyl (C=O) groups is 4. The predicted molar refractivity (Wildman–Crippen MR) is 224 cm³/mol. The summed E-state index contributed by atoms with van der Waals surface area (Å²) in [5, 5.41) is 25.9. The summed E-state index contributed by atoms with van der Waals surface area (Å²) >= 11 is 17.2. The molecule has 0 atom stereocenters. The molecule has 3 N–H and O–H groups in total. The van der Waals surface area contributed by atoms with Gasteiger partial charge in [-0.2, -0.15) is 10.2 Å². The first-order chi connectivity index (χ1) is 26.1. The number of esters is 1. The first-order valence-electron chi connectivity index (χ1n) is 18.1. The van der Waals surface area contributed by atoms with Crippen molar-refractivity contribution < 1.29 is 29.0 Å². The Labute approximate surface area is 348 Å². The van der Waals surface area contributed by atoms with Crippen LogP contribution in [0.4, 0.5) is 0 Å². The van der Waals surface area contributed by atoms with E-state index in [4.69, 9.17) is 39.5 Å². The zero-order valence-electron chi connectivity index (χ0n) is 34.2. The van der Waals surface area contributed by atoms with Gasteiger partial charge in [-0.15, -0.1) is 0 Å². The lowest BCUT2D eigenvalue weighted by Gasteiger charge is -2.24. The highest BCUT2D eigenvalue weighted by molar-refractivity contribution is 6.64. The lowest BCUT2D eigenvalue weighted by atomic mass is 9.97. The van der Waals surface area contributed by atoms with Crippen molar-refractivity contribution in [2.75, 3.05) is 0 Å². The molecule has 57 heavy (non-hydrogen) atoms. The van der Waals surface area contributed by atoms with Crippen LogP contribution in [0.15, 0.2) is 72.2 Å². The summed E-state index contributed by atoms with van der Waals surface area (Å²) in [6.07, 6.45) is 0. The molecular formula is C42H49Cl3N6O6. The summed E-state index contributed by atoms with van der Waals surface area (Å²) in [5.74, 6) is -0.844. The maximum atomic E-state index is 12.7. The fourth-order valence-corrected chi connectivity index (χ4v) is 5.78. The van der Waals surface area contributed by atoms with Crippen LogP contribution in [0.25, 0.3) is 33.9 Å². The minimum absolute atomic E-state index is 0.0126. The predicted octanol–water partition coefficient (Wildman–Crippen LogP) is 9.12. The van der Waals surface area contributed by atoms with Crippen LogP contribution in [-0.2, 0) is 23.9 Å². The van der Waals surface area contributed by atoms with Gasteiger partial charge in [0.1, 0.15) is 5.76 Å². The molecule has 6 rings (SSSR count). The Kier molecular flexibility index (Phi) is 13.0. The molecule has 0 spiro atoms. The van der Waals surface area contributed by atoms with Gasteiger partial charge in [-0.3, -0.25) is 19.2 Å². The number of aliphatic hydroxyl groups is 1. The van der Waals surface area contributed by atoms with E-state index < -0.39 is 22.5 Å². The molecule has 4 heterocycles. The van der Waals surface area contributed by atoms with Gasteiger partial charge >= 0.3 is 5.97 Å². The van der Waals surface area contributed by atoms with Gasteiger partial charge in [-0.05, 0) is 110 Å². The summed E-state index contributed by atoms with van der Waals surface area (Å²) in [7, 11) is 0. The maximum Gasteiger partial charge on any atom is 0.316 e. The number of rotatable bonds is 5. The van der Waals surface area contributed by atoms with Gasteiger partial charge in [0.15, 0.2) is 17.2 Å². The molecule has 2 aromatic heterocycles. The molecule has 0 unspecified atom stereocenters. The number of aromatic nitrogens is 4. The van der Waals surface area contributed by atoms with Gasteiger partial charge in [0, 0.05) is 38.0 Å². The molecule has 2 aliphatic heterocycles. The number of aryl methyl sites for hydroxylation is 2. The average molecular weight is 840 g/mol. The second-order valence-electron chi connectivity index (χ2n) is 16.9. The lowest BCUT2D eigenvalue weighted by molar-refractivity contribution is -0.149. The normalized spacial score (nSPS) is 16.0. The Balaban J connectivity index is 0.000000221. The van der Waals surface area contributed by atoms with E-state index in [1.807, 2.05) is 50.2 Å². The molecule has 0 fully saturated rings. The largest absolute Gasteiger partial charge is 0.507 e. The van der Waals surface area contributed by atoms with E-state index in [-0.39, 0.29) is 45.4 Å². The second-order valence-corrected chi connectivity index (χ2v) is 18.1. The molecule has 15 heteroatoms. The Hall–Kier alpha value is -4.91. The quantitative estimate of drug-likeness (QED) is 0.133. The maximum absolute atomic E-state index is 12.7. The van der Waals surface area contributed by atoms with Crippen molar-refractivity contribution in [1.29, 1.82) is 0 Å². The van der Waals surface area contributed by atoms with E-state index in [9.17, 15) is 24.3 Å². The van der Waals surface area contributed by atoms with Crippen LogP contribution in [-0.4, -0.2) is 58.8 Å². The van der Waals surface area contributed by atoms with Crippen molar-refractivity contribution >= 4 is 69.2 Å². The van der Waals surface area contributed by atoms with Gasteiger partial charge in [-0.25, -0.2) is 9.36 Å². The summed E-state index contributed by atoms with van der Waals surface area (Å²) in [6, 6.07) is 18.4. The third kappa shape index (κ3) is 10.3. The smallest absolute Gasteiger partial charge is 0.316 e. The topological polar surface area (TPSA) is 157 Å². The number of nitrogens with zero attached hydrogens (tertiary/aromatic N) is 4. The number of carbonyl (C=O) groups excluding carboxylic acids is 4. The minimum atomic E-state index is -0.831. The number of benzene rings is 2. The molecule has 0 saturated heterocycles. The van der Waals surface area contributed by atoms with Gasteiger partial charge in [0.25, 0.3) is 11.8 Å². The van der Waals surface area contributed by atoms with Gasteiger partial charge < -0.3 is 20.5 Å². The van der Waals surface area contributed by atoms with Crippen molar-refractivity contribution in [2.24, 2.45) is 10.8 Å². The first kappa shape index (κ1) is 44.8. The van der Waals surface area contributed by atoms with Crippen molar-refractivity contribution in [3.8, 4) is 22.5 Å². The van der Waals surface area contributed by atoms with E-state index in [0.29, 0.717) is 21.4 Å².